The minimum absolute atomic E-state index is 0.123. The molecule has 0 aliphatic heterocycles. The van der Waals surface area contributed by atoms with Gasteiger partial charge in [0.1, 0.15) is 11.5 Å². The average molecular weight is 423 g/mol. The summed E-state index contributed by atoms with van der Waals surface area (Å²) in [5.41, 5.74) is 0.909. The van der Waals surface area contributed by atoms with E-state index in [-0.39, 0.29) is 12.5 Å². The Labute approximate surface area is 170 Å². The average Bonchev–Trinajstić information content (AvgIpc) is 3.10. The third-order valence-corrected chi connectivity index (χ3v) is 5.10. The molecule has 0 aliphatic rings. The number of nitrogens with one attached hydrogen (secondary N) is 1. The van der Waals surface area contributed by atoms with Crippen LogP contribution in [0.4, 0.5) is 5.13 Å². The van der Waals surface area contributed by atoms with E-state index in [4.69, 9.17) is 32.7 Å². The molecular weight excluding hydrogens is 407 g/mol. The van der Waals surface area contributed by atoms with Crippen LogP contribution in [0.15, 0.2) is 48.7 Å². The van der Waals surface area contributed by atoms with Gasteiger partial charge in [0.25, 0.3) is 5.91 Å². The highest BCUT2D eigenvalue weighted by atomic mass is 35.5. The maximum atomic E-state index is 12.1. The normalized spacial score (nSPS) is 10.5. The smallest absolute Gasteiger partial charge is 0.264 e. The lowest BCUT2D eigenvalue weighted by atomic mass is 10.1. The van der Waals surface area contributed by atoms with Crippen molar-refractivity contribution in [3.63, 3.8) is 0 Å². The standard InChI is InChI=1S/C19H16Cl2N2O3S/c1-25-14-3-2-4-15(9-14)26-11-18(24)23-19-22-10-16(27-19)8-12-7-13(20)5-6-17(12)21/h2-7,9-10H,8,11H2,1H3,(H,22,23,24). The van der Waals surface area contributed by atoms with Crippen molar-refractivity contribution in [1.29, 1.82) is 0 Å². The SMILES string of the molecule is COc1cccc(OCC(=O)Nc2ncc(Cc3cc(Cl)ccc3Cl)s2)c1. The zero-order valence-electron chi connectivity index (χ0n) is 14.4. The number of carbonyl (C=O) groups is 1. The third kappa shape index (κ3) is 5.60. The number of hydrogen-bond donors (Lipinski definition) is 1. The summed E-state index contributed by atoms with van der Waals surface area (Å²) < 4.78 is 10.6. The van der Waals surface area contributed by atoms with Crippen molar-refractivity contribution >= 4 is 45.6 Å². The van der Waals surface area contributed by atoms with Crippen molar-refractivity contribution in [2.24, 2.45) is 0 Å². The van der Waals surface area contributed by atoms with Crippen LogP contribution in [0, 0.1) is 0 Å². The second-order valence-corrected chi connectivity index (χ2v) is 7.52. The fourth-order valence-corrected chi connectivity index (χ4v) is 3.54. The molecule has 0 radical (unpaired) electrons. The molecule has 0 saturated heterocycles. The predicted octanol–water partition coefficient (Wildman–Crippen LogP) is 5.07. The molecule has 0 saturated carbocycles. The van der Waals surface area contributed by atoms with Gasteiger partial charge >= 0.3 is 0 Å². The van der Waals surface area contributed by atoms with E-state index in [2.05, 4.69) is 10.3 Å². The van der Waals surface area contributed by atoms with Gasteiger partial charge in [-0.05, 0) is 35.9 Å². The molecule has 1 amide bonds. The number of ether oxygens (including phenoxy) is 2. The summed E-state index contributed by atoms with van der Waals surface area (Å²) in [5, 5.41) is 4.50. The van der Waals surface area contributed by atoms with E-state index >= 15 is 0 Å². The first kappa shape index (κ1) is 19.5. The molecule has 0 bridgehead atoms. The molecule has 3 rings (SSSR count). The van der Waals surface area contributed by atoms with Crippen LogP contribution >= 0.6 is 34.5 Å². The molecule has 1 heterocycles. The Morgan fingerprint density at radius 2 is 2.00 bits per heavy atom. The fourth-order valence-electron chi connectivity index (χ4n) is 2.31. The molecule has 0 fully saturated rings. The molecular formula is C19H16Cl2N2O3S. The van der Waals surface area contributed by atoms with Crippen molar-refractivity contribution in [3.8, 4) is 11.5 Å². The van der Waals surface area contributed by atoms with E-state index in [1.165, 1.54) is 11.3 Å². The Balaban J connectivity index is 1.55. The molecule has 27 heavy (non-hydrogen) atoms. The summed E-state index contributed by atoms with van der Waals surface area (Å²) >= 11 is 13.6. The van der Waals surface area contributed by atoms with Crippen LogP contribution in [-0.2, 0) is 11.2 Å². The van der Waals surface area contributed by atoms with Crippen molar-refractivity contribution < 1.29 is 14.3 Å². The fraction of sp³-hybridized carbons (Fsp3) is 0.158. The largest absolute Gasteiger partial charge is 0.497 e. The molecule has 1 N–H and O–H groups in total. The molecule has 0 unspecified atom stereocenters. The van der Waals surface area contributed by atoms with Crippen molar-refractivity contribution in [2.45, 2.75) is 6.42 Å². The maximum absolute atomic E-state index is 12.1. The summed E-state index contributed by atoms with van der Waals surface area (Å²) in [7, 11) is 1.57. The first-order chi connectivity index (χ1) is 13.0. The second kappa shape index (κ2) is 9.08. The topological polar surface area (TPSA) is 60.5 Å². The number of amides is 1. The van der Waals surface area contributed by atoms with Gasteiger partial charge in [-0.15, -0.1) is 11.3 Å². The molecule has 3 aromatic rings. The Morgan fingerprint density at radius 1 is 1.19 bits per heavy atom. The first-order valence-electron chi connectivity index (χ1n) is 7.99. The van der Waals surface area contributed by atoms with Gasteiger partial charge in [0, 0.05) is 33.6 Å². The van der Waals surface area contributed by atoms with Gasteiger partial charge in [-0.1, -0.05) is 29.3 Å². The zero-order valence-corrected chi connectivity index (χ0v) is 16.7. The van der Waals surface area contributed by atoms with E-state index < -0.39 is 0 Å². The van der Waals surface area contributed by atoms with Crippen LogP contribution in [0.2, 0.25) is 10.0 Å². The quantitative estimate of drug-likeness (QED) is 0.577. The number of carbonyl (C=O) groups excluding carboxylic acids is 1. The van der Waals surface area contributed by atoms with E-state index in [1.807, 2.05) is 6.07 Å². The first-order valence-corrected chi connectivity index (χ1v) is 9.56. The van der Waals surface area contributed by atoms with Crippen LogP contribution in [0.25, 0.3) is 0 Å². The van der Waals surface area contributed by atoms with Gasteiger partial charge in [-0.2, -0.15) is 0 Å². The van der Waals surface area contributed by atoms with Crippen molar-refractivity contribution in [3.05, 3.63) is 69.1 Å². The van der Waals surface area contributed by atoms with Crippen LogP contribution in [0.1, 0.15) is 10.4 Å². The second-order valence-electron chi connectivity index (χ2n) is 5.56. The lowest BCUT2D eigenvalue weighted by Gasteiger charge is -2.07. The molecule has 0 aliphatic carbocycles. The van der Waals surface area contributed by atoms with Crippen molar-refractivity contribution in [2.75, 3.05) is 19.0 Å². The van der Waals surface area contributed by atoms with Gasteiger partial charge < -0.3 is 9.47 Å². The number of thiazole rings is 1. The number of benzene rings is 2. The number of hydrogen-bond acceptors (Lipinski definition) is 5. The van der Waals surface area contributed by atoms with E-state index in [0.717, 1.165) is 10.4 Å². The summed E-state index contributed by atoms with van der Waals surface area (Å²) in [6.45, 7) is -0.123. The Kier molecular flexibility index (Phi) is 6.55. The van der Waals surface area contributed by atoms with Crippen LogP contribution < -0.4 is 14.8 Å². The minimum atomic E-state index is -0.292. The molecule has 1 aromatic heterocycles. The highest BCUT2D eigenvalue weighted by molar-refractivity contribution is 7.15. The molecule has 0 atom stereocenters. The van der Waals surface area contributed by atoms with E-state index in [0.29, 0.717) is 33.1 Å². The Bertz CT molecular complexity index is 946. The molecule has 2 aromatic carbocycles. The summed E-state index contributed by atoms with van der Waals surface area (Å²) in [6, 6.07) is 12.4. The van der Waals surface area contributed by atoms with Gasteiger partial charge in [-0.3, -0.25) is 10.1 Å². The zero-order chi connectivity index (χ0) is 19.2. The molecule has 0 spiro atoms. The van der Waals surface area contributed by atoms with Gasteiger partial charge in [0.15, 0.2) is 11.7 Å². The summed E-state index contributed by atoms with van der Waals surface area (Å²) in [4.78, 5) is 17.3. The highest BCUT2D eigenvalue weighted by Crippen LogP contribution is 2.27. The number of aromatic nitrogens is 1. The molecule has 5 nitrogen and oxygen atoms in total. The third-order valence-electron chi connectivity index (χ3n) is 3.58. The molecule has 8 heteroatoms. The lowest BCUT2D eigenvalue weighted by molar-refractivity contribution is -0.118. The lowest BCUT2D eigenvalue weighted by Crippen LogP contribution is -2.19. The maximum Gasteiger partial charge on any atom is 0.264 e. The summed E-state index contributed by atoms with van der Waals surface area (Å²) in [6.07, 6.45) is 2.30. The summed E-state index contributed by atoms with van der Waals surface area (Å²) in [5.74, 6) is 0.927. The number of halogens is 2. The highest BCUT2D eigenvalue weighted by Gasteiger charge is 2.10. The van der Waals surface area contributed by atoms with Crippen LogP contribution in [-0.4, -0.2) is 24.6 Å². The van der Waals surface area contributed by atoms with Gasteiger partial charge in [0.2, 0.25) is 0 Å². The van der Waals surface area contributed by atoms with Gasteiger partial charge in [-0.25, -0.2) is 4.98 Å². The Hall–Kier alpha value is -2.28. The number of methoxy groups -OCH3 is 1. The van der Waals surface area contributed by atoms with Crippen molar-refractivity contribution in [1.82, 2.24) is 4.98 Å². The minimum Gasteiger partial charge on any atom is -0.497 e. The van der Waals surface area contributed by atoms with E-state index in [9.17, 15) is 4.79 Å². The predicted molar refractivity (Wildman–Crippen MR) is 109 cm³/mol. The van der Waals surface area contributed by atoms with Crippen LogP contribution in [0.3, 0.4) is 0 Å². The number of anilines is 1. The van der Waals surface area contributed by atoms with Gasteiger partial charge in [0.05, 0.1) is 7.11 Å². The van der Waals surface area contributed by atoms with Crippen LogP contribution in [0.5, 0.6) is 11.5 Å². The monoisotopic (exact) mass is 422 g/mol. The number of nitrogens with zero attached hydrogens (tertiary/aromatic N) is 1. The molecule has 140 valence electrons. The Morgan fingerprint density at radius 3 is 2.81 bits per heavy atom. The number of rotatable bonds is 7. The van der Waals surface area contributed by atoms with E-state index in [1.54, 1.807) is 49.7 Å².